The molecule has 0 radical (unpaired) electrons. The maximum atomic E-state index is 12.6. The van der Waals surface area contributed by atoms with Crippen LogP contribution in [0, 0.1) is 0 Å². The number of carbonyl (C=O) groups is 2. The van der Waals surface area contributed by atoms with E-state index in [1.807, 2.05) is 12.1 Å². The van der Waals surface area contributed by atoms with Gasteiger partial charge in [-0.25, -0.2) is 0 Å². The second-order valence-corrected chi connectivity index (χ2v) is 5.71. The highest BCUT2D eigenvalue weighted by molar-refractivity contribution is 6.07. The maximum absolute atomic E-state index is 12.6. The van der Waals surface area contributed by atoms with Gasteiger partial charge in [-0.05, 0) is 25.0 Å². The molecule has 0 aliphatic carbocycles. The molecule has 0 atom stereocenters. The Morgan fingerprint density at radius 1 is 0.818 bits per heavy atom. The molecular formula is C18H28N2O2. The third kappa shape index (κ3) is 4.86. The second-order valence-electron chi connectivity index (χ2n) is 5.71. The predicted molar refractivity (Wildman–Crippen MR) is 90.2 cm³/mol. The van der Waals surface area contributed by atoms with Gasteiger partial charge in [0, 0.05) is 27.2 Å². The van der Waals surface area contributed by atoms with Crippen molar-refractivity contribution in [2.45, 2.75) is 39.5 Å². The zero-order chi connectivity index (χ0) is 16.5. The van der Waals surface area contributed by atoms with Crippen LogP contribution >= 0.6 is 0 Å². The SMILES string of the molecule is CCCCN(C)C(=O)c1ccccc1C(=O)N(C)CCCC. The number of hydrogen-bond donors (Lipinski definition) is 0. The van der Waals surface area contributed by atoms with Gasteiger partial charge in [-0.3, -0.25) is 9.59 Å². The minimum atomic E-state index is -0.0821. The van der Waals surface area contributed by atoms with Gasteiger partial charge in [-0.15, -0.1) is 0 Å². The first-order valence-corrected chi connectivity index (χ1v) is 8.12. The number of rotatable bonds is 8. The molecule has 0 fully saturated rings. The zero-order valence-electron chi connectivity index (χ0n) is 14.3. The van der Waals surface area contributed by atoms with Crippen LogP contribution in [0.3, 0.4) is 0 Å². The lowest BCUT2D eigenvalue weighted by atomic mass is 10.0. The first-order valence-electron chi connectivity index (χ1n) is 8.12. The van der Waals surface area contributed by atoms with Crippen molar-refractivity contribution >= 4 is 11.8 Å². The van der Waals surface area contributed by atoms with Crippen molar-refractivity contribution in [1.82, 2.24) is 9.80 Å². The molecule has 0 N–H and O–H groups in total. The summed E-state index contributed by atoms with van der Waals surface area (Å²) >= 11 is 0. The van der Waals surface area contributed by atoms with Crippen molar-refractivity contribution in [1.29, 1.82) is 0 Å². The van der Waals surface area contributed by atoms with Gasteiger partial charge in [-0.1, -0.05) is 38.8 Å². The van der Waals surface area contributed by atoms with Crippen LogP contribution in [0.15, 0.2) is 24.3 Å². The van der Waals surface area contributed by atoms with Gasteiger partial charge >= 0.3 is 0 Å². The highest BCUT2D eigenvalue weighted by Gasteiger charge is 2.21. The van der Waals surface area contributed by atoms with Gasteiger partial charge in [0.25, 0.3) is 11.8 Å². The van der Waals surface area contributed by atoms with Crippen LogP contribution in [0.4, 0.5) is 0 Å². The fourth-order valence-electron chi connectivity index (χ4n) is 2.26. The van der Waals surface area contributed by atoms with Gasteiger partial charge in [0.1, 0.15) is 0 Å². The first-order chi connectivity index (χ1) is 10.5. The number of amides is 2. The summed E-state index contributed by atoms with van der Waals surface area (Å²) in [5.41, 5.74) is 0.990. The highest BCUT2D eigenvalue weighted by Crippen LogP contribution is 2.14. The summed E-state index contributed by atoms with van der Waals surface area (Å²) in [5.74, 6) is -0.164. The molecule has 4 heteroatoms. The summed E-state index contributed by atoms with van der Waals surface area (Å²) in [7, 11) is 3.58. The van der Waals surface area contributed by atoms with E-state index in [4.69, 9.17) is 0 Å². The predicted octanol–water partition coefficient (Wildman–Crippen LogP) is 3.43. The third-order valence-corrected chi connectivity index (χ3v) is 3.78. The molecule has 1 rings (SSSR count). The lowest BCUT2D eigenvalue weighted by Crippen LogP contribution is -2.32. The Labute approximate surface area is 134 Å². The summed E-state index contributed by atoms with van der Waals surface area (Å²) in [6.07, 6.45) is 4.01. The van der Waals surface area contributed by atoms with E-state index < -0.39 is 0 Å². The number of unbranched alkanes of at least 4 members (excludes halogenated alkanes) is 2. The smallest absolute Gasteiger partial charge is 0.254 e. The van der Waals surface area contributed by atoms with Gasteiger partial charge in [0.15, 0.2) is 0 Å². The molecule has 0 unspecified atom stereocenters. The van der Waals surface area contributed by atoms with E-state index >= 15 is 0 Å². The van der Waals surface area contributed by atoms with Gasteiger partial charge in [0.05, 0.1) is 11.1 Å². The minimum Gasteiger partial charge on any atom is -0.342 e. The van der Waals surface area contributed by atoms with Crippen LogP contribution < -0.4 is 0 Å². The number of nitrogens with zero attached hydrogens (tertiary/aromatic N) is 2. The Morgan fingerprint density at radius 3 is 1.50 bits per heavy atom. The van der Waals surface area contributed by atoms with E-state index in [-0.39, 0.29) is 11.8 Å². The summed E-state index contributed by atoms with van der Waals surface area (Å²) < 4.78 is 0. The van der Waals surface area contributed by atoms with E-state index in [1.54, 1.807) is 36.0 Å². The molecule has 0 heterocycles. The molecule has 0 spiro atoms. The van der Waals surface area contributed by atoms with E-state index in [0.717, 1.165) is 25.7 Å². The molecule has 2 amide bonds. The Balaban J connectivity index is 2.93. The molecule has 1 aromatic carbocycles. The van der Waals surface area contributed by atoms with Gasteiger partial charge < -0.3 is 9.80 Å². The molecular weight excluding hydrogens is 276 g/mol. The Hall–Kier alpha value is -1.84. The summed E-state index contributed by atoms with van der Waals surface area (Å²) in [6, 6.07) is 7.10. The van der Waals surface area contributed by atoms with E-state index in [0.29, 0.717) is 24.2 Å². The van der Waals surface area contributed by atoms with E-state index in [1.165, 1.54) is 0 Å². The molecule has 0 bridgehead atoms. The average molecular weight is 304 g/mol. The molecule has 1 aromatic rings. The molecule has 0 aliphatic rings. The van der Waals surface area contributed by atoms with Crippen LogP contribution in [0.1, 0.15) is 60.2 Å². The standard InChI is InChI=1S/C18H28N2O2/c1-5-7-13-19(3)17(21)15-11-9-10-12-16(15)18(22)20(4)14-8-6-2/h9-12H,5-8,13-14H2,1-4H3. The van der Waals surface area contributed by atoms with Crippen LogP contribution in [-0.4, -0.2) is 48.8 Å². The highest BCUT2D eigenvalue weighted by atomic mass is 16.2. The van der Waals surface area contributed by atoms with E-state index in [9.17, 15) is 9.59 Å². The lowest BCUT2D eigenvalue weighted by molar-refractivity contribution is 0.0755. The minimum absolute atomic E-state index is 0.0821. The second kappa shape index (κ2) is 9.23. The van der Waals surface area contributed by atoms with Gasteiger partial charge in [0.2, 0.25) is 0 Å². The van der Waals surface area contributed by atoms with Crippen LogP contribution in [0.2, 0.25) is 0 Å². The molecule has 122 valence electrons. The number of carbonyl (C=O) groups excluding carboxylic acids is 2. The average Bonchev–Trinajstić information content (AvgIpc) is 2.56. The summed E-state index contributed by atoms with van der Waals surface area (Å²) in [5, 5.41) is 0. The molecule has 22 heavy (non-hydrogen) atoms. The lowest BCUT2D eigenvalue weighted by Gasteiger charge is -2.21. The van der Waals surface area contributed by atoms with Crippen LogP contribution in [-0.2, 0) is 0 Å². The quantitative estimate of drug-likeness (QED) is 0.738. The molecule has 0 aromatic heterocycles. The van der Waals surface area contributed by atoms with Crippen LogP contribution in [0.25, 0.3) is 0 Å². The summed E-state index contributed by atoms with van der Waals surface area (Å²) in [4.78, 5) is 28.5. The Bertz CT molecular complexity index is 455. The Morgan fingerprint density at radius 2 is 1.18 bits per heavy atom. The third-order valence-electron chi connectivity index (χ3n) is 3.78. The van der Waals surface area contributed by atoms with Crippen molar-refractivity contribution in [3.63, 3.8) is 0 Å². The molecule has 0 saturated carbocycles. The number of hydrogen-bond acceptors (Lipinski definition) is 2. The first kappa shape index (κ1) is 18.2. The van der Waals surface area contributed by atoms with Crippen molar-refractivity contribution < 1.29 is 9.59 Å². The van der Waals surface area contributed by atoms with Crippen LogP contribution in [0.5, 0.6) is 0 Å². The van der Waals surface area contributed by atoms with Crippen molar-refractivity contribution in [3.8, 4) is 0 Å². The fraction of sp³-hybridized carbons (Fsp3) is 0.556. The maximum Gasteiger partial charge on any atom is 0.254 e. The molecule has 4 nitrogen and oxygen atoms in total. The fourth-order valence-corrected chi connectivity index (χ4v) is 2.26. The monoisotopic (exact) mass is 304 g/mol. The van der Waals surface area contributed by atoms with Crippen molar-refractivity contribution in [3.05, 3.63) is 35.4 Å². The summed E-state index contributed by atoms with van der Waals surface area (Å²) in [6.45, 7) is 5.62. The number of benzene rings is 1. The zero-order valence-corrected chi connectivity index (χ0v) is 14.3. The normalized spacial score (nSPS) is 10.4. The molecule has 0 saturated heterocycles. The molecule has 0 aliphatic heterocycles. The Kier molecular flexibility index (Phi) is 7.64. The van der Waals surface area contributed by atoms with Gasteiger partial charge in [-0.2, -0.15) is 0 Å². The largest absolute Gasteiger partial charge is 0.342 e. The van der Waals surface area contributed by atoms with E-state index in [2.05, 4.69) is 13.8 Å². The van der Waals surface area contributed by atoms with Crippen molar-refractivity contribution in [2.24, 2.45) is 0 Å². The topological polar surface area (TPSA) is 40.6 Å². The van der Waals surface area contributed by atoms with Crippen molar-refractivity contribution in [2.75, 3.05) is 27.2 Å².